The van der Waals surface area contributed by atoms with Gasteiger partial charge in [-0.2, -0.15) is 0 Å². The van der Waals surface area contributed by atoms with E-state index in [1.807, 2.05) is 0 Å². The van der Waals surface area contributed by atoms with Gasteiger partial charge in [0.1, 0.15) is 13.2 Å². The molecular weight excluding hydrogens is 194 g/mol. The monoisotopic (exact) mass is 205 g/mol. The van der Waals surface area contributed by atoms with Crippen molar-refractivity contribution in [3.05, 3.63) is 0 Å². The minimum absolute atomic E-state index is 0.133. The molecule has 0 unspecified atom stereocenters. The Morgan fingerprint density at radius 1 is 1.77 bits per heavy atom. The van der Waals surface area contributed by atoms with Gasteiger partial charge in [-0.1, -0.05) is 0 Å². The van der Waals surface area contributed by atoms with E-state index in [2.05, 4.69) is 4.74 Å². The van der Waals surface area contributed by atoms with Crippen LogP contribution in [0.15, 0.2) is 0 Å². The van der Waals surface area contributed by atoms with Gasteiger partial charge < -0.3 is 9.47 Å². The molecule has 0 aromatic carbocycles. The smallest absolute Gasteiger partial charge is 0.382 e. The maximum Gasteiger partial charge on any atom is 0.382 e. The van der Waals surface area contributed by atoms with E-state index in [1.54, 1.807) is 11.2 Å². The summed E-state index contributed by atoms with van der Waals surface area (Å²) in [5.74, 6) is -0.315. The SMILES string of the molecule is CCOC(=O)CN1CCOC(=O)S1. The summed E-state index contributed by atoms with van der Waals surface area (Å²) in [4.78, 5) is 21.7. The molecule has 1 aliphatic rings. The highest BCUT2D eigenvalue weighted by atomic mass is 32.2. The average molecular weight is 205 g/mol. The molecule has 0 atom stereocenters. The zero-order chi connectivity index (χ0) is 9.68. The number of carbonyl (C=O) groups excluding carboxylic acids is 2. The predicted molar refractivity (Wildman–Crippen MR) is 47.1 cm³/mol. The van der Waals surface area contributed by atoms with Gasteiger partial charge in [0.25, 0.3) is 0 Å². The van der Waals surface area contributed by atoms with Crippen molar-refractivity contribution in [2.45, 2.75) is 6.92 Å². The summed E-state index contributed by atoms with van der Waals surface area (Å²) in [5, 5.41) is -0.365. The lowest BCUT2D eigenvalue weighted by Gasteiger charge is -2.22. The third-order valence-electron chi connectivity index (χ3n) is 1.38. The van der Waals surface area contributed by atoms with Crippen LogP contribution in [0.1, 0.15) is 6.92 Å². The molecule has 0 amide bonds. The van der Waals surface area contributed by atoms with Crippen LogP contribution in [0.4, 0.5) is 4.79 Å². The van der Waals surface area contributed by atoms with E-state index < -0.39 is 0 Å². The second-order valence-corrected chi connectivity index (χ2v) is 3.39. The Morgan fingerprint density at radius 3 is 3.15 bits per heavy atom. The minimum Gasteiger partial charge on any atom is -0.465 e. The largest absolute Gasteiger partial charge is 0.465 e. The van der Waals surface area contributed by atoms with Crippen molar-refractivity contribution in [3.63, 3.8) is 0 Å². The highest BCUT2D eigenvalue weighted by Crippen LogP contribution is 2.16. The van der Waals surface area contributed by atoms with Gasteiger partial charge >= 0.3 is 11.3 Å². The van der Waals surface area contributed by atoms with E-state index in [4.69, 9.17) is 4.74 Å². The van der Waals surface area contributed by atoms with Gasteiger partial charge in [0.05, 0.1) is 6.61 Å². The first-order chi connectivity index (χ1) is 6.22. The van der Waals surface area contributed by atoms with Gasteiger partial charge in [0.2, 0.25) is 0 Å². The van der Waals surface area contributed by atoms with E-state index in [-0.39, 0.29) is 17.8 Å². The quantitative estimate of drug-likeness (QED) is 0.498. The summed E-state index contributed by atoms with van der Waals surface area (Å²) in [7, 11) is 0. The number of hydrogen-bond acceptors (Lipinski definition) is 6. The highest BCUT2D eigenvalue weighted by Gasteiger charge is 2.21. The number of esters is 1. The molecule has 1 fully saturated rings. The van der Waals surface area contributed by atoms with Gasteiger partial charge in [-0.3, -0.25) is 4.79 Å². The van der Waals surface area contributed by atoms with Crippen LogP contribution < -0.4 is 0 Å². The number of hydrogen-bond donors (Lipinski definition) is 0. The zero-order valence-electron chi connectivity index (χ0n) is 7.32. The first-order valence-corrected chi connectivity index (χ1v) is 4.75. The van der Waals surface area contributed by atoms with Gasteiger partial charge in [-0.25, -0.2) is 9.10 Å². The molecule has 6 heteroatoms. The van der Waals surface area contributed by atoms with Crippen molar-refractivity contribution in [2.75, 3.05) is 26.3 Å². The van der Waals surface area contributed by atoms with Crippen LogP contribution >= 0.6 is 11.9 Å². The normalized spacial score (nSPS) is 18.1. The summed E-state index contributed by atoms with van der Waals surface area (Å²) in [6, 6.07) is 0. The van der Waals surface area contributed by atoms with Crippen LogP contribution in [-0.4, -0.2) is 41.9 Å². The Hall–Kier alpha value is -0.750. The van der Waals surface area contributed by atoms with E-state index in [9.17, 15) is 9.59 Å². The maximum absolute atomic E-state index is 11.0. The van der Waals surface area contributed by atoms with Crippen molar-refractivity contribution in [1.82, 2.24) is 4.31 Å². The Balaban J connectivity index is 2.27. The molecule has 1 rings (SSSR count). The summed E-state index contributed by atoms with van der Waals surface area (Å²) in [6.07, 6.45) is 0. The third-order valence-corrected chi connectivity index (χ3v) is 2.21. The molecule has 0 spiro atoms. The van der Waals surface area contributed by atoms with Crippen LogP contribution in [0, 0.1) is 0 Å². The van der Waals surface area contributed by atoms with Crippen LogP contribution in [0.2, 0.25) is 0 Å². The molecule has 74 valence electrons. The van der Waals surface area contributed by atoms with E-state index in [1.165, 1.54) is 0 Å². The molecule has 0 saturated carbocycles. The number of cyclic esters (lactones) is 1. The lowest BCUT2D eigenvalue weighted by molar-refractivity contribution is -0.143. The molecule has 1 aliphatic heterocycles. The molecule has 0 bridgehead atoms. The molecular formula is C7H11NO4S. The summed E-state index contributed by atoms with van der Waals surface area (Å²) in [6.45, 7) is 3.14. The lowest BCUT2D eigenvalue weighted by Crippen LogP contribution is -2.33. The fourth-order valence-electron chi connectivity index (χ4n) is 0.870. The fraction of sp³-hybridized carbons (Fsp3) is 0.714. The number of carbonyl (C=O) groups is 2. The van der Waals surface area contributed by atoms with Crippen molar-refractivity contribution < 1.29 is 19.1 Å². The fourth-order valence-corrected chi connectivity index (χ4v) is 1.55. The van der Waals surface area contributed by atoms with Gasteiger partial charge in [0.15, 0.2) is 0 Å². The number of nitrogens with zero attached hydrogens (tertiary/aromatic N) is 1. The van der Waals surface area contributed by atoms with Crippen molar-refractivity contribution in [2.24, 2.45) is 0 Å². The lowest BCUT2D eigenvalue weighted by atomic mass is 10.6. The van der Waals surface area contributed by atoms with Crippen LogP contribution in [0.3, 0.4) is 0 Å². The second kappa shape index (κ2) is 5.08. The van der Waals surface area contributed by atoms with E-state index in [0.717, 1.165) is 11.9 Å². The Kier molecular flexibility index (Phi) is 4.04. The minimum atomic E-state index is -0.365. The summed E-state index contributed by atoms with van der Waals surface area (Å²) >= 11 is 0.912. The van der Waals surface area contributed by atoms with Crippen LogP contribution in [0.25, 0.3) is 0 Å². The van der Waals surface area contributed by atoms with Crippen molar-refractivity contribution >= 4 is 23.2 Å². The van der Waals surface area contributed by atoms with Crippen molar-refractivity contribution in [3.8, 4) is 0 Å². The number of rotatable bonds is 3. The Labute approximate surface area is 80.5 Å². The first kappa shape index (κ1) is 10.3. The highest BCUT2D eigenvalue weighted by molar-refractivity contribution is 8.11. The summed E-state index contributed by atoms with van der Waals surface area (Å²) in [5.41, 5.74) is 0. The zero-order valence-corrected chi connectivity index (χ0v) is 8.13. The molecule has 0 aromatic heterocycles. The van der Waals surface area contributed by atoms with Gasteiger partial charge in [-0.15, -0.1) is 0 Å². The molecule has 0 aliphatic carbocycles. The molecule has 13 heavy (non-hydrogen) atoms. The second-order valence-electron chi connectivity index (χ2n) is 2.36. The van der Waals surface area contributed by atoms with Gasteiger partial charge in [0, 0.05) is 18.5 Å². The van der Waals surface area contributed by atoms with Crippen LogP contribution in [0.5, 0.6) is 0 Å². The molecule has 5 nitrogen and oxygen atoms in total. The van der Waals surface area contributed by atoms with E-state index >= 15 is 0 Å². The third kappa shape index (κ3) is 3.65. The molecule has 1 saturated heterocycles. The summed E-state index contributed by atoms with van der Waals surface area (Å²) < 4.78 is 11.0. The Morgan fingerprint density at radius 2 is 2.54 bits per heavy atom. The molecule has 0 radical (unpaired) electrons. The standard InChI is InChI=1S/C7H11NO4S/c1-2-11-6(9)5-8-3-4-12-7(10)13-8/h2-5H2,1H3. The van der Waals surface area contributed by atoms with Crippen molar-refractivity contribution in [1.29, 1.82) is 0 Å². The Bertz CT molecular complexity index is 209. The molecule has 0 aromatic rings. The molecule has 0 N–H and O–H groups in total. The maximum atomic E-state index is 11.0. The molecule has 1 heterocycles. The van der Waals surface area contributed by atoms with Crippen LogP contribution in [-0.2, 0) is 14.3 Å². The first-order valence-electron chi connectivity index (χ1n) is 3.97. The van der Waals surface area contributed by atoms with Gasteiger partial charge in [-0.05, 0) is 6.92 Å². The predicted octanol–water partition coefficient (Wildman–Crippen LogP) is 0.650. The topological polar surface area (TPSA) is 55.8 Å². The average Bonchev–Trinajstić information content (AvgIpc) is 2.04. The number of ether oxygens (including phenoxy) is 2. The van der Waals surface area contributed by atoms with E-state index in [0.29, 0.717) is 19.8 Å².